The molecule has 0 aliphatic heterocycles. The van der Waals surface area contributed by atoms with Gasteiger partial charge in [-0.1, -0.05) is 0 Å². The molecule has 3 aromatic rings. The molecular formula is C20H21N5O5. The van der Waals surface area contributed by atoms with Gasteiger partial charge in [0.05, 0.1) is 34.0 Å². The van der Waals surface area contributed by atoms with Gasteiger partial charge in [-0.25, -0.2) is 14.8 Å². The first-order valence-corrected chi connectivity index (χ1v) is 8.79. The normalized spacial score (nSPS) is 10.1. The Morgan fingerprint density at radius 1 is 0.800 bits per heavy atom. The van der Waals surface area contributed by atoms with Gasteiger partial charge in [-0.15, -0.1) is 0 Å². The van der Waals surface area contributed by atoms with Crippen molar-refractivity contribution in [2.75, 3.05) is 39.1 Å². The van der Waals surface area contributed by atoms with Crippen LogP contribution in [0.2, 0.25) is 0 Å². The second-order valence-corrected chi connectivity index (χ2v) is 5.87. The van der Waals surface area contributed by atoms with E-state index in [0.29, 0.717) is 46.1 Å². The van der Waals surface area contributed by atoms with Crippen LogP contribution in [0.15, 0.2) is 42.7 Å². The van der Waals surface area contributed by atoms with Crippen molar-refractivity contribution in [3.63, 3.8) is 0 Å². The van der Waals surface area contributed by atoms with Crippen molar-refractivity contribution in [1.82, 2.24) is 15.0 Å². The Kier molecular flexibility index (Phi) is 6.48. The molecule has 2 N–H and O–H groups in total. The molecule has 0 saturated heterocycles. The molecule has 0 spiro atoms. The van der Waals surface area contributed by atoms with E-state index in [4.69, 9.17) is 14.2 Å². The summed E-state index contributed by atoms with van der Waals surface area (Å²) >= 11 is 0. The Morgan fingerprint density at radius 3 is 1.87 bits per heavy atom. The van der Waals surface area contributed by atoms with E-state index in [1.807, 2.05) is 0 Å². The zero-order valence-corrected chi connectivity index (χ0v) is 16.9. The van der Waals surface area contributed by atoms with Gasteiger partial charge in [0.15, 0.2) is 11.5 Å². The maximum absolute atomic E-state index is 11.5. The molecule has 0 aliphatic carbocycles. The molecule has 30 heavy (non-hydrogen) atoms. The number of ether oxygens (including phenoxy) is 4. The lowest BCUT2D eigenvalue weighted by molar-refractivity contribution is 0.0601. The number of hydrogen-bond acceptors (Lipinski definition) is 10. The van der Waals surface area contributed by atoms with Crippen LogP contribution in [0, 0.1) is 0 Å². The number of nitrogens with one attached hydrogen (secondary N) is 2. The highest BCUT2D eigenvalue weighted by molar-refractivity contribution is 5.89. The van der Waals surface area contributed by atoms with Crippen molar-refractivity contribution in [2.24, 2.45) is 0 Å². The molecule has 0 amide bonds. The fourth-order valence-electron chi connectivity index (χ4n) is 2.64. The number of carbonyl (C=O) groups is 1. The maximum atomic E-state index is 11.5. The summed E-state index contributed by atoms with van der Waals surface area (Å²) in [4.78, 5) is 24.1. The van der Waals surface area contributed by atoms with E-state index in [-0.39, 0.29) is 0 Å². The Hall–Kier alpha value is -4.08. The smallest absolute Gasteiger partial charge is 0.337 e. The van der Waals surface area contributed by atoms with E-state index in [0.717, 1.165) is 0 Å². The number of benzene rings is 2. The average molecular weight is 411 g/mol. The predicted octanol–water partition coefficient (Wildman–Crippen LogP) is 3.17. The molecule has 0 saturated carbocycles. The molecule has 0 radical (unpaired) electrons. The SMILES string of the molecule is COC(=O)c1ccc(Nc2ncnc(Nc3cc(OC)c(OC)c(OC)c3)n2)cc1. The van der Waals surface area contributed by atoms with Crippen LogP contribution in [0.4, 0.5) is 23.3 Å². The number of methoxy groups -OCH3 is 4. The summed E-state index contributed by atoms with van der Waals surface area (Å²) in [5.41, 5.74) is 1.79. The molecule has 0 atom stereocenters. The van der Waals surface area contributed by atoms with Gasteiger partial charge >= 0.3 is 5.97 Å². The predicted molar refractivity (Wildman–Crippen MR) is 110 cm³/mol. The van der Waals surface area contributed by atoms with Crippen LogP contribution in [0.25, 0.3) is 0 Å². The topological polar surface area (TPSA) is 117 Å². The number of rotatable bonds is 8. The van der Waals surface area contributed by atoms with Gasteiger partial charge in [-0.2, -0.15) is 4.98 Å². The summed E-state index contributed by atoms with van der Waals surface area (Å²) < 4.78 is 20.7. The Balaban J connectivity index is 1.78. The Morgan fingerprint density at radius 2 is 1.37 bits per heavy atom. The van der Waals surface area contributed by atoms with Crippen LogP contribution < -0.4 is 24.8 Å². The zero-order chi connectivity index (χ0) is 21.5. The lowest BCUT2D eigenvalue weighted by atomic mass is 10.2. The molecule has 0 bridgehead atoms. The lowest BCUT2D eigenvalue weighted by Gasteiger charge is -2.14. The van der Waals surface area contributed by atoms with Crippen molar-refractivity contribution in [1.29, 1.82) is 0 Å². The molecule has 2 aromatic carbocycles. The number of nitrogens with zero attached hydrogens (tertiary/aromatic N) is 3. The van der Waals surface area contributed by atoms with Crippen molar-refractivity contribution in [3.05, 3.63) is 48.3 Å². The third-order valence-electron chi connectivity index (χ3n) is 4.05. The van der Waals surface area contributed by atoms with Crippen molar-refractivity contribution in [3.8, 4) is 17.2 Å². The van der Waals surface area contributed by atoms with E-state index >= 15 is 0 Å². The minimum atomic E-state index is -0.404. The summed E-state index contributed by atoms with van der Waals surface area (Å²) in [5, 5.41) is 6.14. The van der Waals surface area contributed by atoms with E-state index in [9.17, 15) is 4.79 Å². The van der Waals surface area contributed by atoms with E-state index in [1.165, 1.54) is 34.8 Å². The molecule has 10 heteroatoms. The average Bonchev–Trinajstić information content (AvgIpc) is 2.78. The first kappa shape index (κ1) is 20.6. The Bertz CT molecular complexity index is 1000. The molecular weight excluding hydrogens is 390 g/mol. The lowest BCUT2D eigenvalue weighted by Crippen LogP contribution is -2.04. The van der Waals surface area contributed by atoms with Gasteiger partial charge < -0.3 is 29.6 Å². The number of anilines is 4. The monoisotopic (exact) mass is 411 g/mol. The zero-order valence-electron chi connectivity index (χ0n) is 16.9. The van der Waals surface area contributed by atoms with Crippen molar-refractivity contribution < 1.29 is 23.7 Å². The van der Waals surface area contributed by atoms with Gasteiger partial charge in [-0.05, 0) is 24.3 Å². The van der Waals surface area contributed by atoms with Crippen LogP contribution >= 0.6 is 0 Å². The largest absolute Gasteiger partial charge is 0.493 e. The van der Waals surface area contributed by atoms with Crippen LogP contribution in [0.3, 0.4) is 0 Å². The fraction of sp³-hybridized carbons (Fsp3) is 0.200. The summed E-state index contributed by atoms with van der Waals surface area (Å²) in [7, 11) is 5.95. The number of hydrogen-bond donors (Lipinski definition) is 2. The molecule has 3 rings (SSSR count). The van der Waals surface area contributed by atoms with Gasteiger partial charge in [0.25, 0.3) is 0 Å². The first-order chi connectivity index (χ1) is 14.6. The van der Waals surface area contributed by atoms with E-state index in [2.05, 4.69) is 30.3 Å². The summed E-state index contributed by atoms with van der Waals surface area (Å²) in [6, 6.07) is 10.2. The quantitative estimate of drug-likeness (QED) is 0.535. The number of carbonyl (C=O) groups excluding carboxylic acids is 1. The summed E-state index contributed by atoms with van der Waals surface area (Å²) in [5.74, 6) is 1.71. The molecule has 156 valence electrons. The first-order valence-electron chi connectivity index (χ1n) is 8.79. The highest BCUT2D eigenvalue weighted by atomic mass is 16.5. The third-order valence-corrected chi connectivity index (χ3v) is 4.05. The third kappa shape index (κ3) is 4.66. The molecule has 0 fully saturated rings. The van der Waals surface area contributed by atoms with Crippen LogP contribution in [-0.2, 0) is 4.74 Å². The molecule has 1 heterocycles. The summed E-state index contributed by atoms with van der Waals surface area (Å²) in [6.45, 7) is 0. The summed E-state index contributed by atoms with van der Waals surface area (Å²) in [6.07, 6.45) is 1.37. The van der Waals surface area contributed by atoms with E-state index in [1.54, 1.807) is 36.4 Å². The number of esters is 1. The van der Waals surface area contributed by atoms with Gasteiger partial charge in [0.2, 0.25) is 17.6 Å². The Labute approximate surface area is 173 Å². The van der Waals surface area contributed by atoms with Crippen LogP contribution in [-0.4, -0.2) is 49.4 Å². The van der Waals surface area contributed by atoms with Crippen LogP contribution in [0.1, 0.15) is 10.4 Å². The highest BCUT2D eigenvalue weighted by Gasteiger charge is 2.14. The van der Waals surface area contributed by atoms with Crippen molar-refractivity contribution >= 4 is 29.2 Å². The fourth-order valence-corrected chi connectivity index (χ4v) is 2.64. The highest BCUT2D eigenvalue weighted by Crippen LogP contribution is 2.40. The second-order valence-electron chi connectivity index (χ2n) is 5.87. The molecule has 10 nitrogen and oxygen atoms in total. The number of aromatic nitrogens is 3. The van der Waals surface area contributed by atoms with Crippen LogP contribution in [0.5, 0.6) is 17.2 Å². The molecule has 0 unspecified atom stereocenters. The van der Waals surface area contributed by atoms with Gasteiger partial charge in [-0.3, -0.25) is 0 Å². The second kappa shape index (κ2) is 9.41. The standard InChI is InChI=1S/C20H21N5O5/c1-27-15-9-14(10-16(28-2)17(15)29-3)24-20-22-11-21-19(25-20)23-13-7-5-12(6-8-13)18(26)30-4/h5-11H,1-4H3,(H2,21,22,23,24,25). The maximum Gasteiger partial charge on any atom is 0.337 e. The minimum absolute atomic E-state index is 0.313. The molecule has 1 aromatic heterocycles. The minimum Gasteiger partial charge on any atom is -0.493 e. The van der Waals surface area contributed by atoms with Gasteiger partial charge in [0, 0.05) is 23.5 Å². The van der Waals surface area contributed by atoms with Crippen molar-refractivity contribution in [2.45, 2.75) is 0 Å². The molecule has 0 aliphatic rings. The van der Waals surface area contributed by atoms with Gasteiger partial charge in [0.1, 0.15) is 6.33 Å². The van der Waals surface area contributed by atoms with E-state index < -0.39 is 5.97 Å².